The van der Waals surface area contributed by atoms with Crippen molar-refractivity contribution < 1.29 is 0 Å². The summed E-state index contributed by atoms with van der Waals surface area (Å²) in [6.45, 7) is 3.84. The van der Waals surface area contributed by atoms with Crippen LogP contribution in [0.25, 0.3) is 22.0 Å². The summed E-state index contributed by atoms with van der Waals surface area (Å²) in [5, 5.41) is 1.25. The molecule has 3 heterocycles. The lowest BCUT2D eigenvalue weighted by Crippen LogP contribution is -2.19. The zero-order valence-electron chi connectivity index (χ0n) is 12.0. The fraction of sp³-hybridized carbons (Fsp3) is 0.188. The van der Waals surface area contributed by atoms with Crippen molar-refractivity contribution in [3.05, 3.63) is 57.4 Å². The van der Waals surface area contributed by atoms with E-state index in [0.717, 1.165) is 27.9 Å². The second-order valence-corrected chi connectivity index (χ2v) is 5.46. The maximum atomic E-state index is 12.6. The molecule has 0 aromatic carbocycles. The first-order valence-corrected chi connectivity index (χ1v) is 6.95. The third-order valence-electron chi connectivity index (χ3n) is 3.59. The van der Waals surface area contributed by atoms with Crippen LogP contribution in [0.3, 0.4) is 0 Å². The number of aryl methyl sites for hydroxylation is 3. The maximum Gasteiger partial charge on any atom is 0.258 e. The molecule has 0 bridgehead atoms. The highest BCUT2D eigenvalue weighted by atomic mass is 35.5. The third kappa shape index (κ3) is 2.32. The Morgan fingerprint density at radius 2 is 1.90 bits per heavy atom. The minimum atomic E-state index is -0.0708. The first-order valence-electron chi connectivity index (χ1n) is 6.57. The smallest absolute Gasteiger partial charge is 0.258 e. The average Bonchev–Trinajstić information content (AvgIpc) is 2.44. The fourth-order valence-corrected chi connectivity index (χ4v) is 2.66. The van der Waals surface area contributed by atoms with E-state index in [1.807, 2.05) is 32.0 Å². The third-order valence-corrected chi connectivity index (χ3v) is 3.80. The Balaban J connectivity index is 2.36. The Hall–Kier alpha value is -2.20. The van der Waals surface area contributed by atoms with Crippen molar-refractivity contribution in [2.75, 3.05) is 0 Å². The molecule has 0 amide bonds. The number of fused-ring (bicyclic) bond motifs is 1. The van der Waals surface area contributed by atoms with Gasteiger partial charge in [0, 0.05) is 41.1 Å². The Morgan fingerprint density at radius 3 is 2.62 bits per heavy atom. The van der Waals surface area contributed by atoms with E-state index in [0.29, 0.717) is 10.7 Å². The molecule has 0 saturated carbocycles. The summed E-state index contributed by atoms with van der Waals surface area (Å²) in [7, 11) is 1.74. The van der Waals surface area contributed by atoms with Crippen LogP contribution >= 0.6 is 11.6 Å². The van der Waals surface area contributed by atoms with E-state index >= 15 is 0 Å². The summed E-state index contributed by atoms with van der Waals surface area (Å²) in [5.41, 5.74) is 3.94. The van der Waals surface area contributed by atoms with Gasteiger partial charge in [-0.3, -0.25) is 9.78 Å². The lowest BCUT2D eigenvalue weighted by Gasteiger charge is -2.10. The van der Waals surface area contributed by atoms with E-state index < -0.39 is 0 Å². The molecule has 0 aliphatic heterocycles. The van der Waals surface area contributed by atoms with Crippen molar-refractivity contribution in [2.24, 2.45) is 7.05 Å². The van der Waals surface area contributed by atoms with Crippen LogP contribution in [0.1, 0.15) is 11.4 Å². The summed E-state index contributed by atoms with van der Waals surface area (Å²) >= 11 is 5.91. The van der Waals surface area contributed by atoms with Gasteiger partial charge in [0.1, 0.15) is 5.15 Å². The van der Waals surface area contributed by atoms with Crippen LogP contribution in [0.5, 0.6) is 0 Å². The number of hydrogen-bond donors (Lipinski definition) is 0. The summed E-state index contributed by atoms with van der Waals surface area (Å²) in [4.78, 5) is 21.1. The first kappa shape index (κ1) is 13.8. The monoisotopic (exact) mass is 299 g/mol. The average molecular weight is 300 g/mol. The summed E-state index contributed by atoms with van der Waals surface area (Å²) < 4.78 is 1.59. The fourth-order valence-electron chi connectivity index (χ4n) is 2.50. The summed E-state index contributed by atoms with van der Waals surface area (Å²) in [6, 6.07) is 7.39. The second kappa shape index (κ2) is 4.97. The van der Waals surface area contributed by atoms with Crippen LogP contribution in [0.2, 0.25) is 5.15 Å². The molecular weight excluding hydrogens is 286 g/mol. The number of halogens is 1. The van der Waals surface area contributed by atoms with Gasteiger partial charge in [-0.1, -0.05) is 17.7 Å². The highest BCUT2D eigenvalue weighted by molar-refractivity contribution is 6.30. The van der Waals surface area contributed by atoms with E-state index in [2.05, 4.69) is 9.97 Å². The number of aromatic nitrogens is 3. The topological polar surface area (TPSA) is 47.8 Å². The number of nitrogens with zero attached hydrogens (tertiary/aromatic N) is 3. The van der Waals surface area contributed by atoms with Crippen molar-refractivity contribution in [2.45, 2.75) is 13.8 Å². The lowest BCUT2D eigenvalue weighted by molar-refractivity contribution is 0.906. The van der Waals surface area contributed by atoms with Crippen LogP contribution in [-0.4, -0.2) is 14.5 Å². The van der Waals surface area contributed by atoms with Crippen molar-refractivity contribution in [1.82, 2.24) is 14.5 Å². The van der Waals surface area contributed by atoms with Gasteiger partial charge >= 0.3 is 0 Å². The SMILES string of the molecule is Cc1ccc(-c2cc3cnc(Cl)cc3n(C)c2=O)c(C)n1. The highest BCUT2D eigenvalue weighted by Crippen LogP contribution is 2.23. The molecule has 3 aromatic heterocycles. The Morgan fingerprint density at radius 1 is 1.14 bits per heavy atom. The van der Waals surface area contributed by atoms with E-state index in [9.17, 15) is 4.79 Å². The van der Waals surface area contributed by atoms with E-state index in [4.69, 9.17) is 11.6 Å². The largest absolute Gasteiger partial charge is 0.311 e. The Kier molecular flexibility index (Phi) is 3.26. The Labute approximate surface area is 127 Å². The zero-order valence-corrected chi connectivity index (χ0v) is 12.8. The minimum absolute atomic E-state index is 0.0708. The molecule has 0 N–H and O–H groups in total. The van der Waals surface area contributed by atoms with Gasteiger partial charge in [0.05, 0.1) is 5.52 Å². The van der Waals surface area contributed by atoms with Gasteiger partial charge in [-0.25, -0.2) is 4.98 Å². The molecule has 0 aliphatic carbocycles. The van der Waals surface area contributed by atoms with E-state index in [1.165, 1.54) is 0 Å². The standard InChI is InChI=1S/C16H14ClN3O/c1-9-4-5-12(10(2)19-9)13-6-11-8-18-15(17)7-14(11)20(3)16(13)21/h4-8H,1-3H3. The van der Waals surface area contributed by atoms with Crippen LogP contribution in [-0.2, 0) is 7.05 Å². The van der Waals surface area contributed by atoms with Crippen molar-refractivity contribution >= 4 is 22.5 Å². The predicted octanol–water partition coefficient (Wildman–Crippen LogP) is 3.27. The van der Waals surface area contributed by atoms with Crippen molar-refractivity contribution in [1.29, 1.82) is 0 Å². The molecular formula is C16H14ClN3O. The van der Waals surface area contributed by atoms with Gasteiger partial charge < -0.3 is 4.57 Å². The van der Waals surface area contributed by atoms with Gasteiger partial charge in [-0.2, -0.15) is 0 Å². The van der Waals surface area contributed by atoms with Crippen molar-refractivity contribution in [3.8, 4) is 11.1 Å². The van der Waals surface area contributed by atoms with E-state index in [-0.39, 0.29) is 5.56 Å². The number of hydrogen-bond acceptors (Lipinski definition) is 3. The summed E-state index contributed by atoms with van der Waals surface area (Å²) in [5.74, 6) is 0. The number of pyridine rings is 3. The molecule has 0 saturated heterocycles. The predicted molar refractivity (Wildman–Crippen MR) is 84.7 cm³/mol. The molecule has 0 radical (unpaired) electrons. The van der Waals surface area contributed by atoms with Gasteiger partial charge in [-0.15, -0.1) is 0 Å². The van der Waals surface area contributed by atoms with Gasteiger partial charge in [0.15, 0.2) is 0 Å². The van der Waals surface area contributed by atoms with Crippen LogP contribution in [0.15, 0.2) is 35.3 Å². The molecule has 4 nitrogen and oxygen atoms in total. The van der Waals surface area contributed by atoms with E-state index in [1.54, 1.807) is 23.9 Å². The normalized spacial score (nSPS) is 11.0. The number of rotatable bonds is 1. The van der Waals surface area contributed by atoms with Crippen LogP contribution in [0, 0.1) is 13.8 Å². The van der Waals surface area contributed by atoms with Gasteiger partial charge in [0.2, 0.25) is 0 Å². The molecule has 21 heavy (non-hydrogen) atoms. The minimum Gasteiger partial charge on any atom is -0.311 e. The molecule has 106 valence electrons. The molecule has 0 unspecified atom stereocenters. The molecule has 5 heteroatoms. The molecule has 3 aromatic rings. The zero-order chi connectivity index (χ0) is 15.1. The second-order valence-electron chi connectivity index (χ2n) is 5.07. The van der Waals surface area contributed by atoms with Gasteiger partial charge in [0.25, 0.3) is 5.56 Å². The quantitative estimate of drug-likeness (QED) is 0.648. The Bertz CT molecular complexity index is 915. The van der Waals surface area contributed by atoms with Crippen LogP contribution in [0.4, 0.5) is 0 Å². The molecule has 0 atom stereocenters. The highest BCUT2D eigenvalue weighted by Gasteiger charge is 2.12. The molecule has 0 spiro atoms. The molecule has 0 fully saturated rings. The van der Waals surface area contributed by atoms with Crippen LogP contribution < -0.4 is 5.56 Å². The van der Waals surface area contributed by atoms with Gasteiger partial charge in [-0.05, 0) is 32.0 Å². The maximum absolute atomic E-state index is 12.6. The lowest BCUT2D eigenvalue weighted by atomic mass is 10.0. The molecule has 3 rings (SSSR count). The first-order chi connectivity index (χ1) is 9.97. The molecule has 0 aliphatic rings. The summed E-state index contributed by atoms with van der Waals surface area (Å²) in [6.07, 6.45) is 1.68. The van der Waals surface area contributed by atoms with Crippen molar-refractivity contribution in [3.63, 3.8) is 0 Å².